The maximum absolute atomic E-state index is 14.7. The van der Waals surface area contributed by atoms with E-state index < -0.39 is 11.7 Å². The van der Waals surface area contributed by atoms with E-state index in [-0.39, 0.29) is 40.4 Å². The van der Waals surface area contributed by atoms with Crippen LogP contribution < -0.4 is 20.7 Å². The van der Waals surface area contributed by atoms with E-state index in [4.69, 9.17) is 26.8 Å². The number of hydrogen-bond donors (Lipinski definition) is 2. The van der Waals surface area contributed by atoms with E-state index in [2.05, 4.69) is 10.3 Å². The van der Waals surface area contributed by atoms with Crippen molar-refractivity contribution in [1.82, 2.24) is 4.98 Å². The molecular weight excluding hydrogens is 478 g/mol. The van der Waals surface area contributed by atoms with Crippen LogP contribution >= 0.6 is 11.6 Å². The van der Waals surface area contributed by atoms with Crippen LogP contribution in [0, 0.1) is 11.6 Å². The fourth-order valence-corrected chi connectivity index (χ4v) is 3.50. The van der Waals surface area contributed by atoms with Gasteiger partial charge >= 0.3 is 0 Å². The predicted octanol–water partition coefficient (Wildman–Crippen LogP) is 5.65. The van der Waals surface area contributed by atoms with Crippen LogP contribution in [0.1, 0.15) is 6.92 Å². The van der Waals surface area contributed by atoms with Gasteiger partial charge in [0.1, 0.15) is 22.4 Å². The molecule has 35 heavy (non-hydrogen) atoms. The molecule has 1 aliphatic rings. The van der Waals surface area contributed by atoms with Crippen molar-refractivity contribution >= 4 is 34.7 Å². The number of rotatable bonds is 7. The molecule has 0 unspecified atom stereocenters. The van der Waals surface area contributed by atoms with Crippen LogP contribution in [0.3, 0.4) is 0 Å². The highest BCUT2D eigenvalue weighted by Crippen LogP contribution is 2.34. The molecule has 10 heteroatoms. The van der Waals surface area contributed by atoms with Gasteiger partial charge in [-0.3, -0.25) is 4.79 Å². The van der Waals surface area contributed by atoms with Gasteiger partial charge in [-0.25, -0.2) is 13.8 Å². The summed E-state index contributed by atoms with van der Waals surface area (Å²) in [5, 5.41) is 2.75. The second-order valence-electron chi connectivity index (χ2n) is 7.41. The lowest BCUT2D eigenvalue weighted by molar-refractivity contribution is -0.113. The number of nitrogens with zero attached hydrogens (tertiary/aromatic N) is 2. The number of allylic oxidation sites excluding steroid dienone is 1. The van der Waals surface area contributed by atoms with E-state index >= 15 is 0 Å². The lowest BCUT2D eigenvalue weighted by atomic mass is 10.1. The van der Waals surface area contributed by atoms with Gasteiger partial charge in [0.25, 0.3) is 5.91 Å². The Morgan fingerprint density at radius 2 is 1.94 bits per heavy atom. The maximum Gasteiger partial charge on any atom is 0.257 e. The monoisotopic (exact) mass is 498 g/mol. The molecule has 4 rings (SSSR count). The van der Waals surface area contributed by atoms with E-state index in [0.717, 1.165) is 6.07 Å². The first kappa shape index (κ1) is 24.0. The lowest BCUT2D eigenvalue weighted by Gasteiger charge is -2.27. The largest absolute Gasteiger partial charge is 0.493 e. The Hall–Kier alpha value is -4.11. The third-order valence-corrected chi connectivity index (χ3v) is 5.43. The van der Waals surface area contributed by atoms with Crippen molar-refractivity contribution in [3.63, 3.8) is 0 Å². The summed E-state index contributed by atoms with van der Waals surface area (Å²) in [6, 6.07) is 11.3. The number of carbonyl (C=O) groups is 1. The summed E-state index contributed by atoms with van der Waals surface area (Å²) in [4.78, 5) is 18.7. The van der Waals surface area contributed by atoms with Crippen LogP contribution in [0.5, 0.6) is 11.5 Å². The Morgan fingerprint density at radius 3 is 2.66 bits per heavy atom. The number of pyridine rings is 1. The van der Waals surface area contributed by atoms with Gasteiger partial charge in [-0.1, -0.05) is 11.6 Å². The molecule has 0 radical (unpaired) electrons. The fraction of sp³-hybridized carbons (Fsp3) is 0.120. The van der Waals surface area contributed by atoms with E-state index in [1.54, 1.807) is 36.2 Å². The molecule has 0 saturated carbocycles. The minimum Gasteiger partial charge on any atom is -0.493 e. The molecule has 2 aromatic carbocycles. The van der Waals surface area contributed by atoms with Crippen molar-refractivity contribution in [3.05, 3.63) is 95.0 Å². The average molecular weight is 499 g/mol. The Morgan fingerprint density at radius 1 is 1.17 bits per heavy atom. The smallest absolute Gasteiger partial charge is 0.257 e. The molecule has 0 saturated heterocycles. The third kappa shape index (κ3) is 5.52. The maximum atomic E-state index is 14.7. The Bertz CT molecular complexity index is 1310. The molecule has 0 aliphatic carbocycles. The second kappa shape index (κ2) is 10.4. The van der Waals surface area contributed by atoms with Gasteiger partial charge in [0, 0.05) is 35.9 Å². The predicted molar refractivity (Wildman–Crippen MR) is 130 cm³/mol. The van der Waals surface area contributed by atoms with Crippen LogP contribution in [-0.4, -0.2) is 24.0 Å². The van der Waals surface area contributed by atoms with Gasteiger partial charge < -0.3 is 25.4 Å². The van der Waals surface area contributed by atoms with Crippen molar-refractivity contribution in [2.75, 3.05) is 29.1 Å². The number of anilines is 3. The van der Waals surface area contributed by atoms with Gasteiger partial charge in [0.15, 0.2) is 17.3 Å². The summed E-state index contributed by atoms with van der Waals surface area (Å²) >= 11 is 6.05. The average Bonchev–Trinajstić information content (AvgIpc) is 2.84. The topological polar surface area (TPSA) is 89.7 Å². The number of hydrogen-bond acceptors (Lipinski definition) is 6. The molecule has 0 bridgehead atoms. The van der Waals surface area contributed by atoms with Gasteiger partial charge in [-0.2, -0.15) is 0 Å². The van der Waals surface area contributed by atoms with Gasteiger partial charge in [0.05, 0.1) is 18.7 Å². The molecule has 3 N–H and O–H groups in total. The molecule has 0 fully saturated rings. The van der Waals surface area contributed by atoms with E-state index in [1.807, 2.05) is 0 Å². The van der Waals surface area contributed by atoms with Crippen LogP contribution in [0.25, 0.3) is 0 Å². The number of halogens is 3. The highest BCUT2D eigenvalue weighted by molar-refractivity contribution is 6.34. The summed E-state index contributed by atoms with van der Waals surface area (Å²) in [7, 11) is 0. The molecule has 1 aliphatic heterocycles. The van der Waals surface area contributed by atoms with Gasteiger partial charge in [0.2, 0.25) is 0 Å². The number of nitrogens with two attached hydrogens (primary N) is 1. The van der Waals surface area contributed by atoms with Crippen molar-refractivity contribution in [2.24, 2.45) is 0 Å². The fourth-order valence-electron chi connectivity index (χ4n) is 3.35. The van der Waals surface area contributed by atoms with E-state index in [1.165, 1.54) is 36.5 Å². The number of benzene rings is 2. The van der Waals surface area contributed by atoms with E-state index in [0.29, 0.717) is 23.6 Å². The summed E-state index contributed by atoms with van der Waals surface area (Å²) < 4.78 is 39.1. The number of aromatic nitrogens is 1. The lowest BCUT2D eigenvalue weighted by Crippen LogP contribution is -2.30. The summed E-state index contributed by atoms with van der Waals surface area (Å²) in [5.41, 5.74) is 6.89. The van der Waals surface area contributed by atoms with Crippen LogP contribution in [-0.2, 0) is 9.53 Å². The van der Waals surface area contributed by atoms with Crippen LogP contribution in [0.15, 0.2) is 78.3 Å². The van der Waals surface area contributed by atoms with Crippen molar-refractivity contribution in [2.45, 2.75) is 6.92 Å². The number of carbonyl (C=O) groups excluding carboxylic acids is 1. The van der Waals surface area contributed by atoms with Gasteiger partial charge in [-0.05, 0) is 49.4 Å². The highest BCUT2D eigenvalue weighted by atomic mass is 35.5. The zero-order valence-electron chi connectivity index (χ0n) is 18.6. The minimum atomic E-state index is -0.718. The first-order chi connectivity index (χ1) is 16.9. The number of ether oxygens (including phenoxy) is 2. The molecule has 0 spiro atoms. The molecule has 1 aromatic heterocycles. The summed E-state index contributed by atoms with van der Waals surface area (Å²) in [5.74, 6) is -1.05. The first-order valence-corrected chi connectivity index (χ1v) is 11.0. The molecular formula is C25H21ClF2N4O3. The number of amides is 1. The quantitative estimate of drug-likeness (QED) is 0.437. The Balaban J connectivity index is 1.52. The summed E-state index contributed by atoms with van der Waals surface area (Å²) in [6.45, 7) is 2.34. The molecule has 7 nitrogen and oxygen atoms in total. The van der Waals surface area contributed by atoms with Gasteiger partial charge in [-0.15, -0.1) is 0 Å². The Kier molecular flexibility index (Phi) is 7.17. The van der Waals surface area contributed by atoms with Crippen molar-refractivity contribution in [1.29, 1.82) is 0 Å². The number of nitrogen functional groups attached to an aromatic ring is 1. The SMILES string of the molecule is CCOC1=C(C(=O)Nc2ccc(Oc3ccnc(N)c3Cl)c(F)c2)CN(c2ccc(F)cc2)C=C1. The van der Waals surface area contributed by atoms with Crippen LogP contribution in [0.2, 0.25) is 5.02 Å². The standard InChI is InChI=1S/C25H21ClF2N4O3/c1-2-34-20-10-12-32(17-6-3-15(27)4-7-17)14-18(20)25(33)31-16-5-8-21(19(28)13-16)35-22-9-11-30-24(29)23(22)26/h3-13H,2,14H2,1H3,(H2,29,30)(H,31,33). The zero-order chi connectivity index (χ0) is 24.9. The van der Waals surface area contributed by atoms with Crippen molar-refractivity contribution < 1.29 is 23.0 Å². The molecule has 0 atom stereocenters. The Labute approximate surface area is 205 Å². The third-order valence-electron chi connectivity index (χ3n) is 5.05. The van der Waals surface area contributed by atoms with Crippen LogP contribution in [0.4, 0.5) is 26.0 Å². The second-order valence-corrected chi connectivity index (χ2v) is 7.78. The molecule has 1 amide bonds. The molecule has 180 valence electrons. The normalized spacial score (nSPS) is 13.1. The molecule has 2 heterocycles. The van der Waals surface area contributed by atoms with E-state index in [9.17, 15) is 13.6 Å². The zero-order valence-corrected chi connectivity index (χ0v) is 19.4. The number of nitrogens with one attached hydrogen (secondary N) is 1. The summed E-state index contributed by atoms with van der Waals surface area (Å²) in [6.07, 6.45) is 4.80. The molecule has 3 aromatic rings. The highest BCUT2D eigenvalue weighted by Gasteiger charge is 2.23. The van der Waals surface area contributed by atoms with Crippen molar-refractivity contribution in [3.8, 4) is 11.5 Å². The first-order valence-electron chi connectivity index (χ1n) is 10.6. The minimum absolute atomic E-state index is 0.0584.